The fourth-order valence-electron chi connectivity index (χ4n) is 4.72. The number of nitrogens with zero attached hydrogens (tertiary/aromatic N) is 3. The zero-order valence-electron chi connectivity index (χ0n) is 20.4. The molecule has 1 atom stereocenters. The second-order valence-corrected chi connectivity index (χ2v) is 9.27. The number of nitrogens with two attached hydrogens (primary N) is 1. The van der Waals surface area contributed by atoms with Crippen LogP contribution < -0.4 is 10.5 Å². The highest BCUT2D eigenvalue weighted by atomic mass is 19.1. The summed E-state index contributed by atoms with van der Waals surface area (Å²) in [7, 11) is 0. The van der Waals surface area contributed by atoms with Gasteiger partial charge in [0.1, 0.15) is 11.4 Å². The summed E-state index contributed by atoms with van der Waals surface area (Å²) in [5, 5.41) is 10.2. The highest BCUT2D eigenvalue weighted by Crippen LogP contribution is 2.32. The van der Waals surface area contributed by atoms with Crippen LogP contribution in [0.1, 0.15) is 16.7 Å². The van der Waals surface area contributed by atoms with E-state index in [9.17, 15) is 14.3 Å². The van der Waals surface area contributed by atoms with E-state index in [4.69, 9.17) is 10.5 Å². The number of carbonyl (C=O) groups excluding carboxylic acids is 1. The van der Waals surface area contributed by atoms with Crippen LogP contribution in [0.2, 0.25) is 0 Å². The highest BCUT2D eigenvalue weighted by Gasteiger charge is 2.26. The van der Waals surface area contributed by atoms with Crippen molar-refractivity contribution in [2.75, 3.05) is 26.2 Å². The zero-order chi connectivity index (χ0) is 25.8. The minimum atomic E-state index is -0.751. The van der Waals surface area contributed by atoms with Crippen LogP contribution in [-0.2, 0) is 24.4 Å². The largest absolute Gasteiger partial charge is 0.453 e. The summed E-state index contributed by atoms with van der Waals surface area (Å²) in [6, 6.07) is 15.7. The first kappa shape index (κ1) is 24.9. The number of halogens is 1. The molecule has 192 valence electrons. The van der Waals surface area contributed by atoms with Crippen LogP contribution in [0.3, 0.4) is 0 Å². The Kier molecular flexibility index (Phi) is 7.45. The Morgan fingerprint density at radius 1 is 1.08 bits per heavy atom. The smallest absolute Gasteiger partial charge is 0.239 e. The topological polar surface area (TPSA) is 108 Å². The number of hydrogen-bond acceptors (Lipinski definition) is 6. The van der Waals surface area contributed by atoms with Gasteiger partial charge in [0, 0.05) is 50.7 Å². The number of hydrogen-bond donors (Lipinski definition) is 3. The molecule has 0 spiro atoms. The molecule has 0 radical (unpaired) electrons. The van der Waals surface area contributed by atoms with Crippen molar-refractivity contribution in [3.8, 4) is 11.5 Å². The first-order chi connectivity index (χ1) is 18.0. The number of pyridine rings is 1. The number of aromatic nitrogens is 2. The number of H-pyrrole nitrogens is 1. The summed E-state index contributed by atoms with van der Waals surface area (Å²) < 4.78 is 20.8. The van der Waals surface area contributed by atoms with Gasteiger partial charge in [-0.15, -0.1) is 0 Å². The van der Waals surface area contributed by atoms with Gasteiger partial charge >= 0.3 is 0 Å². The van der Waals surface area contributed by atoms with E-state index < -0.39 is 11.9 Å². The van der Waals surface area contributed by atoms with Gasteiger partial charge < -0.3 is 25.5 Å². The molecular weight excluding hydrogens is 473 g/mol. The van der Waals surface area contributed by atoms with Gasteiger partial charge in [-0.05, 0) is 35.7 Å². The molecule has 9 heteroatoms. The number of rotatable bonds is 8. The number of aliphatic hydroxyl groups excluding tert-OH is 1. The van der Waals surface area contributed by atoms with Crippen LogP contribution in [0.5, 0.6) is 11.5 Å². The number of ether oxygens (including phenoxy) is 1. The SMILES string of the molecule is N[C@@H](Cc1ccc(Oc2ccnc3[nH]cc(CO)c23)c(F)c1)C(=O)N1CCN(Cc2ccccc2)CC1. The van der Waals surface area contributed by atoms with E-state index in [-0.39, 0.29) is 24.7 Å². The molecule has 1 amide bonds. The molecule has 1 aliphatic rings. The normalized spacial score (nSPS) is 15.2. The Morgan fingerprint density at radius 2 is 1.86 bits per heavy atom. The predicted molar refractivity (Wildman–Crippen MR) is 138 cm³/mol. The van der Waals surface area contributed by atoms with Crippen LogP contribution in [-0.4, -0.2) is 63.0 Å². The number of aromatic amines is 1. The third kappa shape index (κ3) is 5.64. The second-order valence-electron chi connectivity index (χ2n) is 9.27. The Bertz CT molecular complexity index is 1370. The van der Waals surface area contributed by atoms with E-state index in [1.807, 2.05) is 18.2 Å². The number of benzene rings is 2. The van der Waals surface area contributed by atoms with Crippen molar-refractivity contribution in [3.63, 3.8) is 0 Å². The van der Waals surface area contributed by atoms with Crippen LogP contribution in [0.15, 0.2) is 67.0 Å². The van der Waals surface area contributed by atoms with Crippen molar-refractivity contribution in [1.29, 1.82) is 0 Å². The van der Waals surface area contributed by atoms with Gasteiger partial charge in [0.25, 0.3) is 0 Å². The summed E-state index contributed by atoms with van der Waals surface area (Å²) in [4.78, 5) is 24.2. The third-order valence-corrected chi connectivity index (χ3v) is 6.71. The first-order valence-corrected chi connectivity index (χ1v) is 12.3. The molecule has 2 aromatic carbocycles. The zero-order valence-corrected chi connectivity index (χ0v) is 20.4. The molecule has 4 aromatic rings. The van der Waals surface area contributed by atoms with Gasteiger partial charge in [-0.2, -0.15) is 0 Å². The summed E-state index contributed by atoms with van der Waals surface area (Å²) in [6.45, 7) is 3.48. The van der Waals surface area contributed by atoms with Crippen molar-refractivity contribution < 1.29 is 19.0 Å². The molecule has 37 heavy (non-hydrogen) atoms. The maximum absolute atomic E-state index is 14.9. The van der Waals surface area contributed by atoms with Gasteiger partial charge in [-0.3, -0.25) is 9.69 Å². The monoisotopic (exact) mass is 503 g/mol. The number of carbonyl (C=O) groups is 1. The standard InChI is InChI=1S/C28H30FN5O3/c29-22-14-20(6-7-24(22)37-25-8-9-31-27-26(25)21(18-35)16-32-27)15-23(30)28(36)34-12-10-33(11-13-34)17-19-4-2-1-3-5-19/h1-9,14,16,23,35H,10-13,15,17-18,30H2,(H,31,32)/t23-/m0/s1. The van der Waals surface area contributed by atoms with E-state index in [0.29, 0.717) is 41.0 Å². The Balaban J connectivity index is 1.18. The van der Waals surface area contributed by atoms with E-state index in [2.05, 4.69) is 27.0 Å². The fraction of sp³-hybridized carbons (Fsp3) is 0.286. The van der Waals surface area contributed by atoms with E-state index in [1.54, 1.807) is 29.4 Å². The quantitative estimate of drug-likeness (QED) is 0.341. The molecule has 0 unspecified atom stereocenters. The van der Waals surface area contributed by atoms with Gasteiger partial charge in [-0.1, -0.05) is 36.4 Å². The Morgan fingerprint density at radius 3 is 2.59 bits per heavy atom. The van der Waals surface area contributed by atoms with Gasteiger partial charge in [0.2, 0.25) is 5.91 Å². The van der Waals surface area contributed by atoms with Crippen molar-refractivity contribution in [2.45, 2.75) is 25.6 Å². The molecule has 0 aliphatic carbocycles. The lowest BCUT2D eigenvalue weighted by atomic mass is 10.0. The molecule has 1 fully saturated rings. The Labute approximate surface area is 214 Å². The number of aliphatic hydroxyl groups is 1. The van der Waals surface area contributed by atoms with Crippen molar-refractivity contribution >= 4 is 16.9 Å². The Hall–Kier alpha value is -3.79. The molecule has 0 saturated carbocycles. The van der Waals surface area contributed by atoms with E-state index in [0.717, 1.165) is 19.6 Å². The highest BCUT2D eigenvalue weighted by molar-refractivity contribution is 5.86. The molecule has 1 saturated heterocycles. The van der Waals surface area contributed by atoms with Crippen molar-refractivity contribution in [2.24, 2.45) is 5.73 Å². The molecule has 8 nitrogen and oxygen atoms in total. The van der Waals surface area contributed by atoms with Crippen LogP contribution in [0.25, 0.3) is 11.0 Å². The molecule has 0 bridgehead atoms. The first-order valence-electron chi connectivity index (χ1n) is 12.3. The summed E-state index contributed by atoms with van der Waals surface area (Å²) in [5.41, 5.74) is 9.27. The average molecular weight is 504 g/mol. The minimum Gasteiger partial charge on any atom is -0.453 e. The van der Waals surface area contributed by atoms with Gasteiger partial charge in [0.05, 0.1) is 18.0 Å². The van der Waals surface area contributed by atoms with Gasteiger partial charge in [0.15, 0.2) is 11.6 Å². The molecule has 4 N–H and O–H groups in total. The van der Waals surface area contributed by atoms with Gasteiger partial charge in [-0.25, -0.2) is 9.37 Å². The number of amides is 1. The molecule has 1 aliphatic heterocycles. The lowest BCUT2D eigenvalue weighted by Gasteiger charge is -2.36. The average Bonchev–Trinajstić information content (AvgIpc) is 3.35. The summed E-state index contributed by atoms with van der Waals surface area (Å²) >= 11 is 0. The fourth-order valence-corrected chi connectivity index (χ4v) is 4.72. The molecule has 2 aromatic heterocycles. The van der Waals surface area contributed by atoms with E-state index >= 15 is 0 Å². The summed E-state index contributed by atoms with van der Waals surface area (Å²) in [5.74, 6) is -0.253. The van der Waals surface area contributed by atoms with Crippen LogP contribution in [0, 0.1) is 5.82 Å². The lowest BCUT2D eigenvalue weighted by Crippen LogP contribution is -2.53. The molecule has 5 rings (SSSR count). The number of fused-ring (bicyclic) bond motifs is 1. The predicted octanol–water partition coefficient (Wildman–Crippen LogP) is 3.20. The lowest BCUT2D eigenvalue weighted by molar-refractivity contribution is -0.134. The molecular formula is C28H30FN5O3. The molecule has 3 heterocycles. The minimum absolute atomic E-state index is 0.0378. The third-order valence-electron chi connectivity index (χ3n) is 6.71. The summed E-state index contributed by atoms with van der Waals surface area (Å²) in [6.07, 6.45) is 3.42. The van der Waals surface area contributed by atoms with Crippen LogP contribution in [0.4, 0.5) is 4.39 Å². The maximum atomic E-state index is 14.9. The van der Waals surface area contributed by atoms with Crippen molar-refractivity contribution in [3.05, 3.63) is 89.5 Å². The van der Waals surface area contributed by atoms with Crippen LogP contribution >= 0.6 is 0 Å². The maximum Gasteiger partial charge on any atom is 0.239 e. The second kappa shape index (κ2) is 11.1. The number of nitrogens with one attached hydrogen (secondary N) is 1. The number of piperazine rings is 1. The van der Waals surface area contributed by atoms with Crippen molar-refractivity contribution in [1.82, 2.24) is 19.8 Å². The van der Waals surface area contributed by atoms with E-state index in [1.165, 1.54) is 17.7 Å².